The van der Waals surface area contributed by atoms with Crippen LogP contribution in [0.3, 0.4) is 0 Å². The highest BCUT2D eigenvalue weighted by atomic mass is 19.4. The third kappa shape index (κ3) is 2.71. The van der Waals surface area contributed by atoms with Gasteiger partial charge in [0.15, 0.2) is 0 Å². The van der Waals surface area contributed by atoms with Crippen molar-refractivity contribution in [1.82, 2.24) is 9.78 Å². The molecule has 0 aromatic carbocycles. The molecule has 0 fully saturated rings. The quantitative estimate of drug-likeness (QED) is 0.662. The van der Waals surface area contributed by atoms with E-state index in [-0.39, 0.29) is 5.69 Å². The normalized spacial score (nSPS) is 14.5. The summed E-state index contributed by atoms with van der Waals surface area (Å²) in [6.07, 6.45) is -4.86. The Bertz CT molecular complexity index is 276. The minimum Gasteiger partial charge on any atom is -0.257 e. The molecule has 0 spiro atoms. The van der Waals surface area contributed by atoms with Gasteiger partial charge in [-0.2, -0.15) is 18.3 Å². The molecule has 0 bridgehead atoms. The molecule has 0 amide bonds. The number of hydrogen-bond acceptors (Lipinski definition) is 1. The van der Waals surface area contributed by atoms with Gasteiger partial charge in [-0.1, -0.05) is 0 Å². The standard InChI is InChI=1S/C7H7F4N2/c1-5(8)6-2-3-12-13(6)4-7(9,10)11/h3,5H,4H2,1H3. The van der Waals surface area contributed by atoms with Crippen molar-refractivity contribution in [3.8, 4) is 0 Å². The molecule has 2 nitrogen and oxygen atoms in total. The molecule has 0 aliphatic rings. The van der Waals surface area contributed by atoms with E-state index in [1.165, 1.54) is 0 Å². The summed E-state index contributed by atoms with van der Waals surface area (Å²) in [5.74, 6) is 0. The van der Waals surface area contributed by atoms with E-state index in [0.29, 0.717) is 4.68 Å². The van der Waals surface area contributed by atoms with Crippen LogP contribution in [-0.2, 0) is 6.54 Å². The maximum atomic E-state index is 12.6. The summed E-state index contributed by atoms with van der Waals surface area (Å²) in [7, 11) is 0. The lowest BCUT2D eigenvalue weighted by molar-refractivity contribution is -0.143. The third-order valence-electron chi connectivity index (χ3n) is 1.39. The number of halogens is 4. The molecule has 0 aliphatic heterocycles. The molecule has 1 heterocycles. The molecule has 6 heteroatoms. The van der Waals surface area contributed by atoms with Crippen LogP contribution >= 0.6 is 0 Å². The van der Waals surface area contributed by atoms with Gasteiger partial charge >= 0.3 is 6.18 Å². The van der Waals surface area contributed by atoms with E-state index in [2.05, 4.69) is 11.2 Å². The summed E-state index contributed by atoms with van der Waals surface area (Å²) >= 11 is 0. The number of alkyl halides is 4. The van der Waals surface area contributed by atoms with Crippen LogP contribution in [-0.4, -0.2) is 16.0 Å². The Morgan fingerprint density at radius 1 is 1.62 bits per heavy atom. The van der Waals surface area contributed by atoms with E-state index in [1.807, 2.05) is 0 Å². The summed E-state index contributed by atoms with van der Waals surface area (Å²) in [6, 6.07) is 2.30. The van der Waals surface area contributed by atoms with E-state index in [1.54, 1.807) is 0 Å². The first-order valence-electron chi connectivity index (χ1n) is 3.54. The van der Waals surface area contributed by atoms with Gasteiger partial charge in [0.05, 0.1) is 11.9 Å². The van der Waals surface area contributed by atoms with E-state index in [4.69, 9.17) is 0 Å². The Morgan fingerprint density at radius 3 is 2.69 bits per heavy atom. The van der Waals surface area contributed by atoms with Crippen LogP contribution < -0.4 is 0 Å². The van der Waals surface area contributed by atoms with Crippen molar-refractivity contribution in [1.29, 1.82) is 0 Å². The Hall–Kier alpha value is -1.07. The maximum absolute atomic E-state index is 12.6. The fourth-order valence-electron chi connectivity index (χ4n) is 0.917. The fourth-order valence-corrected chi connectivity index (χ4v) is 0.917. The molecule has 1 aromatic heterocycles. The van der Waals surface area contributed by atoms with Crippen LogP contribution in [0.25, 0.3) is 0 Å². The van der Waals surface area contributed by atoms with Crippen molar-refractivity contribution in [3.05, 3.63) is 18.0 Å². The number of aromatic nitrogens is 2. The van der Waals surface area contributed by atoms with Gasteiger partial charge < -0.3 is 0 Å². The summed E-state index contributed by atoms with van der Waals surface area (Å²) in [5, 5.41) is 3.32. The molecular weight excluding hydrogens is 188 g/mol. The molecular formula is C7H7F4N2. The molecule has 0 saturated heterocycles. The SMILES string of the molecule is CC(F)c1[c]cnn1CC(F)(F)F. The lowest BCUT2D eigenvalue weighted by Gasteiger charge is -2.10. The zero-order chi connectivity index (χ0) is 10.1. The van der Waals surface area contributed by atoms with Crippen molar-refractivity contribution < 1.29 is 17.6 Å². The lowest BCUT2D eigenvalue weighted by Crippen LogP contribution is -2.20. The van der Waals surface area contributed by atoms with Gasteiger partial charge in [0.25, 0.3) is 0 Å². The van der Waals surface area contributed by atoms with Crippen LogP contribution in [0.15, 0.2) is 6.20 Å². The summed E-state index contributed by atoms with van der Waals surface area (Å²) in [4.78, 5) is 0. The first kappa shape index (κ1) is 10.0. The second-order valence-electron chi connectivity index (χ2n) is 2.56. The van der Waals surface area contributed by atoms with E-state index < -0.39 is 18.9 Å². The van der Waals surface area contributed by atoms with Crippen molar-refractivity contribution in [3.63, 3.8) is 0 Å². The van der Waals surface area contributed by atoms with E-state index in [9.17, 15) is 17.6 Å². The topological polar surface area (TPSA) is 17.8 Å². The molecule has 1 aromatic rings. The number of nitrogens with zero attached hydrogens (tertiary/aromatic N) is 2. The average molecular weight is 195 g/mol. The first-order chi connectivity index (χ1) is 5.90. The smallest absolute Gasteiger partial charge is 0.257 e. The molecule has 13 heavy (non-hydrogen) atoms. The minimum atomic E-state index is -4.39. The van der Waals surface area contributed by atoms with Gasteiger partial charge in [0.2, 0.25) is 0 Å². The molecule has 73 valence electrons. The Morgan fingerprint density at radius 2 is 2.23 bits per heavy atom. The van der Waals surface area contributed by atoms with Crippen molar-refractivity contribution in [2.75, 3.05) is 0 Å². The highest BCUT2D eigenvalue weighted by Crippen LogP contribution is 2.21. The van der Waals surface area contributed by atoms with Gasteiger partial charge in [0, 0.05) is 6.07 Å². The Balaban J connectivity index is 2.83. The Kier molecular flexibility index (Phi) is 2.58. The fraction of sp³-hybridized carbons (Fsp3) is 0.571. The van der Waals surface area contributed by atoms with Gasteiger partial charge in [-0.15, -0.1) is 0 Å². The van der Waals surface area contributed by atoms with Gasteiger partial charge in [0.1, 0.15) is 12.7 Å². The minimum absolute atomic E-state index is 0.183. The van der Waals surface area contributed by atoms with Gasteiger partial charge in [-0.25, -0.2) is 4.39 Å². The van der Waals surface area contributed by atoms with Crippen molar-refractivity contribution in [2.45, 2.75) is 25.8 Å². The lowest BCUT2D eigenvalue weighted by atomic mass is 10.3. The third-order valence-corrected chi connectivity index (χ3v) is 1.39. The van der Waals surface area contributed by atoms with E-state index in [0.717, 1.165) is 13.1 Å². The molecule has 0 N–H and O–H groups in total. The summed E-state index contributed by atoms with van der Waals surface area (Å²) in [5.41, 5.74) is -0.183. The predicted octanol–water partition coefficient (Wildman–Crippen LogP) is 2.28. The second kappa shape index (κ2) is 3.35. The highest BCUT2D eigenvalue weighted by molar-refractivity contribution is 5.01. The zero-order valence-corrected chi connectivity index (χ0v) is 6.77. The van der Waals surface area contributed by atoms with Crippen LogP contribution in [0, 0.1) is 6.07 Å². The summed E-state index contributed by atoms with van der Waals surface area (Å²) in [6.45, 7) is -0.138. The molecule has 0 saturated carbocycles. The average Bonchev–Trinajstić information content (AvgIpc) is 2.31. The largest absolute Gasteiger partial charge is 0.408 e. The Labute approximate surface area is 72.2 Å². The molecule has 1 rings (SSSR count). The zero-order valence-electron chi connectivity index (χ0n) is 6.77. The highest BCUT2D eigenvalue weighted by Gasteiger charge is 2.30. The van der Waals surface area contributed by atoms with Crippen LogP contribution in [0.4, 0.5) is 17.6 Å². The van der Waals surface area contributed by atoms with Crippen molar-refractivity contribution in [2.24, 2.45) is 0 Å². The molecule has 1 unspecified atom stereocenters. The first-order valence-corrected chi connectivity index (χ1v) is 3.54. The molecule has 1 radical (unpaired) electrons. The maximum Gasteiger partial charge on any atom is 0.408 e. The van der Waals surface area contributed by atoms with Crippen LogP contribution in [0.2, 0.25) is 0 Å². The summed E-state index contributed by atoms with van der Waals surface area (Å²) < 4.78 is 48.8. The van der Waals surface area contributed by atoms with E-state index >= 15 is 0 Å². The van der Waals surface area contributed by atoms with Gasteiger partial charge in [-0.05, 0) is 6.92 Å². The van der Waals surface area contributed by atoms with Crippen LogP contribution in [0.1, 0.15) is 18.8 Å². The molecule has 0 aliphatic carbocycles. The number of rotatable bonds is 2. The monoisotopic (exact) mass is 195 g/mol. The number of hydrogen-bond donors (Lipinski definition) is 0. The second-order valence-corrected chi connectivity index (χ2v) is 2.56. The van der Waals surface area contributed by atoms with Crippen LogP contribution in [0.5, 0.6) is 0 Å². The predicted molar refractivity (Wildman–Crippen MR) is 36.6 cm³/mol. The van der Waals surface area contributed by atoms with Crippen molar-refractivity contribution >= 4 is 0 Å². The molecule has 1 atom stereocenters. The van der Waals surface area contributed by atoms with Gasteiger partial charge in [-0.3, -0.25) is 4.68 Å².